The van der Waals surface area contributed by atoms with Crippen molar-refractivity contribution in [3.05, 3.63) is 89.5 Å². The third kappa shape index (κ3) is 5.11. The second-order valence-electron chi connectivity index (χ2n) is 9.31. The van der Waals surface area contributed by atoms with Crippen LogP contribution in [0.3, 0.4) is 0 Å². The minimum absolute atomic E-state index is 0.323. The van der Waals surface area contributed by atoms with Crippen LogP contribution in [-0.4, -0.2) is 18.7 Å². The largest absolute Gasteiger partial charge is 0.423 e. The minimum atomic E-state index is -0.323. The summed E-state index contributed by atoms with van der Waals surface area (Å²) >= 11 is 0. The van der Waals surface area contributed by atoms with Crippen molar-refractivity contribution in [1.29, 1.82) is 0 Å². The molecule has 1 heterocycles. The Morgan fingerprint density at radius 1 is 0.844 bits per heavy atom. The number of ether oxygens (including phenoxy) is 2. The molecular weight excluding hydrogens is 396 g/mol. The van der Waals surface area contributed by atoms with Crippen molar-refractivity contribution in [2.75, 3.05) is 6.61 Å². The summed E-state index contributed by atoms with van der Waals surface area (Å²) < 4.78 is 11.0. The Hall–Kier alpha value is -2.91. The van der Waals surface area contributed by atoms with Crippen LogP contribution >= 0.6 is 0 Å². The Kier molecular flexibility index (Phi) is 6.09. The monoisotopic (exact) mass is 426 g/mol. The lowest BCUT2D eigenvalue weighted by atomic mass is 9.77. The van der Waals surface area contributed by atoms with Crippen LogP contribution in [-0.2, 0) is 4.74 Å². The smallest absolute Gasteiger partial charge is 0.343 e. The van der Waals surface area contributed by atoms with Crippen molar-refractivity contribution >= 4 is 5.97 Å². The molecule has 1 unspecified atom stereocenters. The van der Waals surface area contributed by atoms with Crippen LogP contribution in [0.1, 0.15) is 59.5 Å². The van der Waals surface area contributed by atoms with Crippen LogP contribution in [0, 0.1) is 12.8 Å². The van der Waals surface area contributed by atoms with Gasteiger partial charge in [0.05, 0.1) is 18.3 Å². The zero-order chi connectivity index (χ0) is 21.9. The Labute approximate surface area is 190 Å². The fourth-order valence-corrected chi connectivity index (χ4v) is 4.83. The number of hydrogen-bond donors (Lipinski definition) is 0. The van der Waals surface area contributed by atoms with Crippen LogP contribution in [0.4, 0.5) is 0 Å². The first-order valence-corrected chi connectivity index (χ1v) is 11.7. The molecule has 1 atom stereocenters. The highest BCUT2D eigenvalue weighted by atomic mass is 16.6. The van der Waals surface area contributed by atoms with Crippen LogP contribution < -0.4 is 4.74 Å². The highest BCUT2D eigenvalue weighted by Gasteiger charge is 2.29. The molecule has 0 N–H and O–H groups in total. The molecule has 3 aromatic carbocycles. The van der Waals surface area contributed by atoms with E-state index >= 15 is 0 Å². The van der Waals surface area contributed by atoms with Crippen molar-refractivity contribution in [1.82, 2.24) is 0 Å². The average Bonchev–Trinajstić information content (AvgIpc) is 3.65. The minimum Gasteiger partial charge on any atom is -0.423 e. The van der Waals surface area contributed by atoms with E-state index in [-0.39, 0.29) is 5.97 Å². The van der Waals surface area contributed by atoms with E-state index < -0.39 is 0 Å². The topological polar surface area (TPSA) is 38.8 Å². The van der Waals surface area contributed by atoms with Gasteiger partial charge in [0.1, 0.15) is 5.75 Å². The van der Waals surface area contributed by atoms with Gasteiger partial charge < -0.3 is 9.47 Å². The maximum Gasteiger partial charge on any atom is 0.343 e. The SMILES string of the molecule is Cc1ccc(-c2ccc(C(=O)Oc3ccc(C4CCC(CC5CO5)CC4)cc3)cc2)cc1. The Morgan fingerprint density at radius 2 is 1.44 bits per heavy atom. The van der Waals surface area contributed by atoms with E-state index in [4.69, 9.17) is 9.47 Å². The maximum atomic E-state index is 12.6. The zero-order valence-electron chi connectivity index (χ0n) is 18.6. The number of benzene rings is 3. The zero-order valence-corrected chi connectivity index (χ0v) is 18.6. The number of carbonyl (C=O) groups excluding carboxylic acids is 1. The molecule has 2 fully saturated rings. The van der Waals surface area contributed by atoms with Gasteiger partial charge in [-0.1, -0.05) is 54.1 Å². The molecule has 164 valence electrons. The fraction of sp³-hybridized carbons (Fsp3) is 0.345. The van der Waals surface area contributed by atoms with Gasteiger partial charge >= 0.3 is 5.97 Å². The van der Waals surface area contributed by atoms with E-state index in [9.17, 15) is 4.79 Å². The summed E-state index contributed by atoms with van der Waals surface area (Å²) in [7, 11) is 0. The van der Waals surface area contributed by atoms with Crippen molar-refractivity contribution in [3.8, 4) is 16.9 Å². The first-order chi connectivity index (χ1) is 15.6. The summed E-state index contributed by atoms with van der Waals surface area (Å²) in [5.74, 6) is 1.72. The molecule has 0 bridgehead atoms. The molecule has 3 heteroatoms. The number of esters is 1. The lowest BCUT2D eigenvalue weighted by molar-refractivity contribution is 0.0734. The number of aryl methyl sites for hydroxylation is 1. The van der Waals surface area contributed by atoms with Crippen molar-refractivity contribution < 1.29 is 14.3 Å². The van der Waals surface area contributed by atoms with Gasteiger partial charge in [-0.05, 0) is 91.8 Å². The van der Waals surface area contributed by atoms with E-state index in [1.54, 1.807) is 0 Å². The van der Waals surface area contributed by atoms with Gasteiger partial charge in [0.2, 0.25) is 0 Å². The molecule has 5 rings (SSSR count). The number of epoxide rings is 1. The molecule has 0 amide bonds. The molecule has 3 aromatic rings. The standard InChI is InChI=1S/C29H30O3/c1-20-2-6-22(7-3-20)24-10-12-26(13-11-24)29(30)32-27-16-14-25(15-17-27)23-8-4-21(5-9-23)18-28-19-31-28/h2-3,6-7,10-17,21,23,28H,4-5,8-9,18-19H2,1H3. The molecule has 0 radical (unpaired) electrons. The Morgan fingerprint density at radius 3 is 2.03 bits per heavy atom. The second kappa shape index (κ2) is 9.30. The molecule has 0 spiro atoms. The van der Waals surface area contributed by atoms with Crippen LogP contribution in [0.5, 0.6) is 5.75 Å². The van der Waals surface area contributed by atoms with E-state index in [1.165, 1.54) is 43.2 Å². The highest BCUT2D eigenvalue weighted by molar-refractivity contribution is 5.91. The van der Waals surface area contributed by atoms with Gasteiger partial charge in [0.15, 0.2) is 0 Å². The quantitative estimate of drug-likeness (QED) is 0.243. The molecule has 1 saturated heterocycles. The molecule has 2 aliphatic rings. The lowest BCUT2D eigenvalue weighted by Gasteiger charge is -2.28. The van der Waals surface area contributed by atoms with Gasteiger partial charge in [-0.2, -0.15) is 0 Å². The number of hydrogen-bond acceptors (Lipinski definition) is 3. The predicted octanol–water partition coefficient (Wildman–Crippen LogP) is 6.94. The third-order valence-corrected chi connectivity index (χ3v) is 6.91. The summed E-state index contributed by atoms with van der Waals surface area (Å²) in [5, 5.41) is 0. The van der Waals surface area contributed by atoms with E-state index in [2.05, 4.69) is 43.3 Å². The first kappa shape index (κ1) is 21.0. The summed E-state index contributed by atoms with van der Waals surface area (Å²) in [6.45, 7) is 3.04. The summed E-state index contributed by atoms with van der Waals surface area (Å²) in [5.41, 5.74) is 5.37. The maximum absolute atomic E-state index is 12.6. The summed E-state index contributed by atoms with van der Waals surface area (Å²) in [6.07, 6.45) is 6.85. The van der Waals surface area contributed by atoms with Crippen LogP contribution in [0.2, 0.25) is 0 Å². The average molecular weight is 427 g/mol. The third-order valence-electron chi connectivity index (χ3n) is 6.91. The number of rotatable bonds is 6. The van der Waals surface area contributed by atoms with E-state index in [0.29, 0.717) is 23.3 Å². The summed E-state index contributed by atoms with van der Waals surface area (Å²) in [6, 6.07) is 24.1. The normalized spacial score (nSPS) is 22.3. The van der Waals surface area contributed by atoms with Gasteiger partial charge in [-0.25, -0.2) is 4.79 Å². The molecule has 0 aromatic heterocycles. The van der Waals surface area contributed by atoms with Crippen molar-refractivity contribution in [3.63, 3.8) is 0 Å². The van der Waals surface area contributed by atoms with Gasteiger partial charge in [0.25, 0.3) is 0 Å². The molecule has 1 aliphatic carbocycles. The summed E-state index contributed by atoms with van der Waals surface area (Å²) in [4.78, 5) is 12.6. The van der Waals surface area contributed by atoms with Crippen molar-refractivity contribution in [2.45, 2.75) is 51.0 Å². The van der Waals surface area contributed by atoms with Crippen LogP contribution in [0.25, 0.3) is 11.1 Å². The fourth-order valence-electron chi connectivity index (χ4n) is 4.83. The molecule has 1 saturated carbocycles. The molecule has 1 aliphatic heterocycles. The Balaban J connectivity index is 1.16. The first-order valence-electron chi connectivity index (χ1n) is 11.7. The van der Waals surface area contributed by atoms with Gasteiger partial charge in [0, 0.05) is 0 Å². The van der Waals surface area contributed by atoms with E-state index in [1.807, 2.05) is 36.4 Å². The molecule has 3 nitrogen and oxygen atoms in total. The van der Waals surface area contributed by atoms with Crippen LogP contribution in [0.15, 0.2) is 72.8 Å². The van der Waals surface area contributed by atoms with Gasteiger partial charge in [-0.3, -0.25) is 0 Å². The molecular formula is C29H30O3. The van der Waals surface area contributed by atoms with Crippen molar-refractivity contribution in [2.24, 2.45) is 5.92 Å². The van der Waals surface area contributed by atoms with Gasteiger partial charge in [-0.15, -0.1) is 0 Å². The number of carbonyl (C=O) groups is 1. The predicted molar refractivity (Wildman–Crippen MR) is 127 cm³/mol. The lowest BCUT2D eigenvalue weighted by Crippen LogP contribution is -2.15. The Bertz CT molecular complexity index is 1040. The second-order valence-corrected chi connectivity index (χ2v) is 9.31. The highest BCUT2D eigenvalue weighted by Crippen LogP contribution is 2.39. The van der Waals surface area contributed by atoms with E-state index in [0.717, 1.165) is 23.7 Å². The molecule has 32 heavy (non-hydrogen) atoms.